The number of nitrogens with zero attached hydrogens (tertiary/aromatic N) is 1. The van der Waals surface area contributed by atoms with Gasteiger partial charge in [-0.1, -0.05) is 13.8 Å². The molecule has 2 atom stereocenters. The van der Waals surface area contributed by atoms with Crippen LogP contribution >= 0.6 is 0 Å². The largest absolute Gasteiger partial charge is 0.428 e. The minimum Gasteiger partial charge on any atom is -0.428 e. The molecule has 1 fully saturated rings. The maximum absolute atomic E-state index is 12.1. The lowest BCUT2D eigenvalue weighted by atomic mass is 9.79. The molecule has 110 valence electrons. The maximum atomic E-state index is 12.1. The zero-order valence-corrected chi connectivity index (χ0v) is 12.0. The number of rotatable bonds is 3. The molecule has 0 amide bonds. The van der Waals surface area contributed by atoms with Gasteiger partial charge in [0.15, 0.2) is 0 Å². The number of nitro groups is 1. The van der Waals surface area contributed by atoms with Gasteiger partial charge < -0.3 is 4.74 Å². The molecule has 0 heterocycles. The number of non-ortho nitro benzene ring substituents is 1. The van der Waals surface area contributed by atoms with Crippen molar-refractivity contribution in [3.63, 3.8) is 0 Å². The van der Waals surface area contributed by atoms with Gasteiger partial charge in [-0.2, -0.15) is 0 Å². The Hall–Kier alpha value is -2.17. The van der Waals surface area contributed by atoms with Gasteiger partial charge in [-0.3, -0.25) is 10.1 Å². The molecule has 2 unspecified atom stereocenters. The summed E-state index contributed by atoms with van der Waals surface area (Å²) in [6, 6.07) is 5.49. The Balaban J connectivity index is 1.70. The Morgan fingerprint density at radius 2 is 2.00 bits per heavy atom. The van der Waals surface area contributed by atoms with E-state index in [0.29, 0.717) is 17.4 Å². The molecule has 0 radical (unpaired) electrons. The van der Waals surface area contributed by atoms with Gasteiger partial charge in [0.25, 0.3) is 5.69 Å². The first-order valence-corrected chi connectivity index (χ1v) is 7.05. The smallest absolute Gasteiger partial charge is 0.343 e. The van der Waals surface area contributed by atoms with Crippen molar-refractivity contribution in [2.75, 3.05) is 0 Å². The summed E-state index contributed by atoms with van der Waals surface area (Å²) in [5.41, 5.74) is 0.587. The number of hydrogen-bond acceptors (Lipinski definition) is 4. The molecule has 0 bridgehead atoms. The van der Waals surface area contributed by atoms with Crippen LogP contribution in [0.1, 0.15) is 37.0 Å². The topological polar surface area (TPSA) is 69.4 Å². The van der Waals surface area contributed by atoms with E-state index in [1.54, 1.807) is 0 Å². The summed E-state index contributed by atoms with van der Waals surface area (Å²) in [7, 11) is 0. The van der Waals surface area contributed by atoms with E-state index in [4.69, 9.17) is 4.74 Å². The molecule has 5 nitrogen and oxygen atoms in total. The second kappa shape index (κ2) is 4.69. The SMILES string of the molecule is CC1(C)CC=C(OC(=O)c2ccc([N+](=O)[O-])cc2)C2CC21. The van der Waals surface area contributed by atoms with Crippen molar-refractivity contribution in [1.82, 2.24) is 0 Å². The van der Waals surface area contributed by atoms with E-state index in [2.05, 4.69) is 13.8 Å². The number of ether oxygens (including phenoxy) is 1. The lowest BCUT2D eigenvalue weighted by Crippen LogP contribution is -2.20. The highest BCUT2D eigenvalue weighted by Gasteiger charge is 2.52. The average molecular weight is 287 g/mol. The van der Waals surface area contributed by atoms with E-state index < -0.39 is 10.9 Å². The van der Waals surface area contributed by atoms with E-state index in [0.717, 1.165) is 18.6 Å². The molecule has 3 rings (SSSR count). The van der Waals surface area contributed by atoms with Crippen molar-refractivity contribution < 1.29 is 14.5 Å². The van der Waals surface area contributed by atoms with Gasteiger partial charge in [0.2, 0.25) is 0 Å². The predicted molar refractivity (Wildman–Crippen MR) is 76.6 cm³/mol. The van der Waals surface area contributed by atoms with Gasteiger partial charge in [0.05, 0.1) is 10.5 Å². The van der Waals surface area contributed by atoms with Gasteiger partial charge in [-0.05, 0) is 42.4 Å². The first kappa shape index (κ1) is 13.8. The summed E-state index contributed by atoms with van der Waals surface area (Å²) < 4.78 is 5.48. The average Bonchev–Trinajstić information content (AvgIpc) is 3.24. The third kappa shape index (κ3) is 2.55. The summed E-state index contributed by atoms with van der Waals surface area (Å²) >= 11 is 0. The van der Waals surface area contributed by atoms with Crippen LogP contribution in [0.2, 0.25) is 0 Å². The quantitative estimate of drug-likeness (QED) is 0.483. The van der Waals surface area contributed by atoms with Gasteiger partial charge in [0.1, 0.15) is 5.76 Å². The predicted octanol–water partition coefficient (Wildman–Crippen LogP) is 3.70. The van der Waals surface area contributed by atoms with Crippen molar-refractivity contribution in [3.05, 3.63) is 51.8 Å². The van der Waals surface area contributed by atoms with Crippen LogP contribution in [0.5, 0.6) is 0 Å². The van der Waals surface area contributed by atoms with Gasteiger partial charge >= 0.3 is 5.97 Å². The van der Waals surface area contributed by atoms with E-state index >= 15 is 0 Å². The summed E-state index contributed by atoms with van der Waals surface area (Å²) in [6.07, 6.45) is 4.00. The number of carbonyl (C=O) groups excluding carboxylic acids is 1. The highest BCUT2D eigenvalue weighted by molar-refractivity contribution is 5.90. The fourth-order valence-corrected chi connectivity index (χ4v) is 3.04. The number of nitro benzene ring substituents is 1. The molecule has 1 saturated carbocycles. The lowest BCUT2D eigenvalue weighted by Gasteiger charge is -2.27. The summed E-state index contributed by atoms with van der Waals surface area (Å²) in [6.45, 7) is 4.48. The Morgan fingerprint density at radius 3 is 2.62 bits per heavy atom. The number of carbonyl (C=O) groups is 1. The molecule has 1 aromatic rings. The van der Waals surface area contributed by atoms with E-state index in [1.807, 2.05) is 6.08 Å². The second-order valence-corrected chi connectivity index (χ2v) is 6.44. The van der Waals surface area contributed by atoms with Gasteiger partial charge in [-0.25, -0.2) is 4.79 Å². The van der Waals surface area contributed by atoms with E-state index in [9.17, 15) is 14.9 Å². The maximum Gasteiger partial charge on any atom is 0.343 e. The number of esters is 1. The van der Waals surface area contributed by atoms with Crippen molar-refractivity contribution in [1.29, 1.82) is 0 Å². The first-order valence-electron chi connectivity index (χ1n) is 7.05. The molecule has 1 aromatic carbocycles. The lowest BCUT2D eigenvalue weighted by molar-refractivity contribution is -0.384. The Bertz CT molecular complexity index is 630. The van der Waals surface area contributed by atoms with Crippen LogP contribution in [-0.2, 0) is 4.74 Å². The fourth-order valence-electron chi connectivity index (χ4n) is 3.04. The van der Waals surface area contributed by atoms with Crippen LogP contribution in [0.4, 0.5) is 5.69 Å². The molecule has 5 heteroatoms. The molecule has 0 aliphatic heterocycles. The summed E-state index contributed by atoms with van der Waals surface area (Å²) in [4.78, 5) is 22.2. The number of fused-ring (bicyclic) bond motifs is 1. The molecular formula is C16H17NO4. The zero-order valence-electron chi connectivity index (χ0n) is 12.0. The van der Waals surface area contributed by atoms with Crippen LogP contribution in [0, 0.1) is 27.4 Å². The molecule has 0 spiro atoms. The summed E-state index contributed by atoms with van der Waals surface area (Å²) in [5, 5.41) is 10.6. The van der Waals surface area contributed by atoms with Crippen LogP contribution in [0.3, 0.4) is 0 Å². The minimum atomic E-state index is -0.490. The zero-order chi connectivity index (χ0) is 15.2. The van der Waals surface area contributed by atoms with Crippen LogP contribution in [0.15, 0.2) is 36.1 Å². The highest BCUT2D eigenvalue weighted by Crippen LogP contribution is 2.59. The first-order chi connectivity index (χ1) is 9.88. The molecule has 0 saturated heterocycles. The molecule has 0 N–H and O–H groups in total. The second-order valence-electron chi connectivity index (χ2n) is 6.44. The molecule has 2 aliphatic carbocycles. The Morgan fingerprint density at radius 1 is 1.33 bits per heavy atom. The van der Waals surface area contributed by atoms with E-state index in [1.165, 1.54) is 24.3 Å². The number of benzene rings is 1. The van der Waals surface area contributed by atoms with Gasteiger partial charge in [-0.15, -0.1) is 0 Å². The summed E-state index contributed by atoms with van der Waals surface area (Å²) in [5.74, 6) is 1.28. The standard InChI is InChI=1S/C16H17NO4/c1-16(2)8-7-14(12-9-13(12)16)21-15(18)10-3-5-11(6-4-10)17(19)20/h3-7,12-13H,8-9H2,1-2H3. The third-order valence-corrected chi connectivity index (χ3v) is 4.51. The molecule has 2 aliphatic rings. The monoisotopic (exact) mass is 287 g/mol. The van der Waals surface area contributed by atoms with E-state index in [-0.39, 0.29) is 11.1 Å². The van der Waals surface area contributed by atoms with Gasteiger partial charge in [0, 0.05) is 18.1 Å². The third-order valence-electron chi connectivity index (χ3n) is 4.51. The highest BCUT2D eigenvalue weighted by atomic mass is 16.6. The van der Waals surface area contributed by atoms with Crippen molar-refractivity contribution in [2.24, 2.45) is 17.3 Å². The van der Waals surface area contributed by atoms with Crippen LogP contribution < -0.4 is 0 Å². The van der Waals surface area contributed by atoms with Crippen LogP contribution in [0.25, 0.3) is 0 Å². The molecule has 21 heavy (non-hydrogen) atoms. The number of allylic oxidation sites excluding steroid dienone is 2. The van der Waals surface area contributed by atoms with Crippen molar-refractivity contribution >= 4 is 11.7 Å². The number of hydrogen-bond donors (Lipinski definition) is 0. The fraction of sp³-hybridized carbons (Fsp3) is 0.438. The Labute approximate surface area is 122 Å². The minimum absolute atomic E-state index is 0.0348. The van der Waals surface area contributed by atoms with Crippen LogP contribution in [-0.4, -0.2) is 10.9 Å². The molecule has 0 aromatic heterocycles. The normalized spacial score (nSPS) is 25.5. The molecular weight excluding hydrogens is 270 g/mol. The van der Waals surface area contributed by atoms with Crippen molar-refractivity contribution in [2.45, 2.75) is 26.7 Å². The Kier molecular flexibility index (Phi) is 3.08. The van der Waals surface area contributed by atoms with Crippen molar-refractivity contribution in [3.8, 4) is 0 Å².